The average molecular weight is 206 g/mol. The van der Waals surface area contributed by atoms with E-state index in [1.807, 2.05) is 13.8 Å². The van der Waals surface area contributed by atoms with Crippen LogP contribution in [0.5, 0.6) is 0 Å². The van der Waals surface area contributed by atoms with E-state index in [1.54, 1.807) is 11.9 Å². The number of nitrogens with zero attached hydrogens (tertiary/aromatic N) is 1. The molecule has 0 radical (unpaired) electrons. The topological polar surface area (TPSA) is 40.5 Å². The van der Waals surface area contributed by atoms with Gasteiger partial charge in [-0.15, -0.1) is 0 Å². The molecule has 76 valence electrons. The van der Waals surface area contributed by atoms with Crippen molar-refractivity contribution >= 4 is 17.6 Å². The van der Waals surface area contributed by atoms with Crippen LogP contribution in [0, 0.1) is 0 Å². The number of rotatable bonds is 5. The van der Waals surface area contributed by atoms with Gasteiger partial charge in [0.2, 0.25) is 0 Å². The summed E-state index contributed by atoms with van der Waals surface area (Å²) in [4.78, 5) is 12.5. The van der Waals surface area contributed by atoms with E-state index in [4.69, 9.17) is 16.7 Å². The molecular weight excluding hydrogens is 190 g/mol. The Morgan fingerprint density at radius 3 is 2.54 bits per heavy atom. The normalized spacial score (nSPS) is 14.7. The third-order valence-corrected chi connectivity index (χ3v) is 2.26. The monoisotopic (exact) mass is 205 g/mol. The van der Waals surface area contributed by atoms with Crippen LogP contribution >= 0.6 is 11.6 Å². The molecule has 0 aliphatic carbocycles. The molecule has 0 saturated carbocycles. The van der Waals surface area contributed by atoms with Crippen LogP contribution in [0.1, 0.15) is 20.3 Å². The van der Waals surface area contributed by atoms with Crippen LogP contribution in [0.3, 0.4) is 0 Å². The first kappa shape index (κ1) is 12.5. The summed E-state index contributed by atoms with van der Waals surface area (Å²) in [7, 11) is 1.78. The number of hydrogen-bond acceptors (Lipinski definition) is 2. The quantitative estimate of drug-likeness (QED) is 0.746. The molecule has 0 aromatic rings. The fourth-order valence-electron chi connectivity index (χ4n) is 1.21. The highest BCUT2D eigenvalue weighted by Crippen LogP contribution is 2.06. The number of carboxylic acids is 1. The molecule has 0 aliphatic rings. The van der Waals surface area contributed by atoms with E-state index < -0.39 is 12.0 Å². The Morgan fingerprint density at radius 2 is 2.23 bits per heavy atom. The molecule has 13 heavy (non-hydrogen) atoms. The molecule has 0 heterocycles. The molecule has 0 saturated heterocycles. The first-order valence-corrected chi connectivity index (χ1v) is 4.65. The Balaban J connectivity index is 4.21. The van der Waals surface area contributed by atoms with Crippen molar-refractivity contribution in [1.82, 2.24) is 4.90 Å². The molecule has 3 nitrogen and oxygen atoms in total. The minimum Gasteiger partial charge on any atom is -0.480 e. The van der Waals surface area contributed by atoms with E-state index in [1.165, 1.54) is 5.54 Å². The smallest absolute Gasteiger partial charge is 0.320 e. The Morgan fingerprint density at radius 1 is 1.69 bits per heavy atom. The van der Waals surface area contributed by atoms with E-state index in [-0.39, 0.29) is 0 Å². The van der Waals surface area contributed by atoms with Gasteiger partial charge < -0.3 is 5.11 Å². The maximum atomic E-state index is 10.7. The van der Waals surface area contributed by atoms with E-state index >= 15 is 0 Å². The number of likely N-dealkylation sites (N-methyl/N-ethyl adjacent to an activating group) is 1. The van der Waals surface area contributed by atoms with Crippen molar-refractivity contribution in [2.24, 2.45) is 0 Å². The summed E-state index contributed by atoms with van der Waals surface area (Å²) < 4.78 is 0. The number of carbonyl (C=O) groups is 1. The predicted molar refractivity (Wildman–Crippen MR) is 54.0 cm³/mol. The summed E-state index contributed by atoms with van der Waals surface area (Å²) in [6.07, 6.45) is 0.599. The lowest BCUT2D eigenvalue weighted by molar-refractivity contribution is -0.142. The fraction of sp³-hybridized carbons (Fsp3) is 0.667. The van der Waals surface area contributed by atoms with Gasteiger partial charge in [0.15, 0.2) is 0 Å². The van der Waals surface area contributed by atoms with Crippen molar-refractivity contribution in [2.45, 2.75) is 26.3 Å². The predicted octanol–water partition coefficient (Wildman–Crippen LogP) is 1.92. The van der Waals surface area contributed by atoms with Crippen LogP contribution in [0.4, 0.5) is 0 Å². The number of aliphatic carboxylic acids is 1. The zero-order valence-corrected chi connectivity index (χ0v) is 9.01. The zero-order chi connectivity index (χ0) is 10.4. The van der Waals surface area contributed by atoms with Crippen LogP contribution in [-0.2, 0) is 4.79 Å². The molecule has 0 aliphatic heterocycles. The second-order valence-electron chi connectivity index (χ2n) is 3.13. The van der Waals surface area contributed by atoms with Crippen LogP contribution < -0.4 is 0 Å². The van der Waals surface area contributed by atoms with Crippen molar-refractivity contribution in [3.8, 4) is 0 Å². The Bertz CT molecular complexity index is 204. The molecule has 0 bridgehead atoms. The number of hydrogen-bond donors (Lipinski definition) is 1. The average Bonchev–Trinajstić information content (AvgIpc) is 2.04. The van der Waals surface area contributed by atoms with Gasteiger partial charge in [-0.05, 0) is 26.0 Å². The van der Waals surface area contributed by atoms with Gasteiger partial charge in [-0.25, -0.2) is 0 Å². The highest BCUT2D eigenvalue weighted by molar-refractivity contribution is 6.25. The Labute approximate surface area is 84.0 Å². The lowest BCUT2D eigenvalue weighted by Gasteiger charge is -2.23. The SMILES string of the molecule is CCC(C(=O)O)N(C)CC(C)=CCl. The summed E-state index contributed by atoms with van der Waals surface area (Å²) in [5.74, 6) is -0.785. The first-order chi connectivity index (χ1) is 6.02. The van der Waals surface area contributed by atoms with Gasteiger partial charge in [-0.1, -0.05) is 18.5 Å². The van der Waals surface area contributed by atoms with Gasteiger partial charge in [0.05, 0.1) is 0 Å². The maximum Gasteiger partial charge on any atom is 0.320 e. The van der Waals surface area contributed by atoms with Crippen molar-refractivity contribution in [1.29, 1.82) is 0 Å². The number of carboxylic acid groups (broad SMARTS) is 1. The highest BCUT2D eigenvalue weighted by atomic mass is 35.5. The summed E-state index contributed by atoms with van der Waals surface area (Å²) >= 11 is 5.49. The summed E-state index contributed by atoms with van der Waals surface area (Å²) in [6, 6.07) is -0.424. The lowest BCUT2D eigenvalue weighted by Crippen LogP contribution is -2.38. The molecular formula is C9H16ClNO2. The fourth-order valence-corrected chi connectivity index (χ4v) is 1.28. The lowest BCUT2D eigenvalue weighted by atomic mass is 10.2. The molecule has 0 amide bonds. The van der Waals surface area contributed by atoms with Gasteiger partial charge in [0.25, 0.3) is 0 Å². The summed E-state index contributed by atoms with van der Waals surface area (Å²) in [5, 5.41) is 8.84. The third-order valence-electron chi connectivity index (χ3n) is 1.89. The van der Waals surface area contributed by atoms with E-state index in [0.29, 0.717) is 13.0 Å². The summed E-state index contributed by atoms with van der Waals surface area (Å²) in [5.41, 5.74) is 2.44. The minimum absolute atomic E-state index is 0.424. The molecule has 4 heteroatoms. The van der Waals surface area contributed by atoms with Crippen molar-refractivity contribution in [3.63, 3.8) is 0 Å². The van der Waals surface area contributed by atoms with Crippen LogP contribution in [-0.4, -0.2) is 35.6 Å². The van der Waals surface area contributed by atoms with Gasteiger partial charge in [0, 0.05) is 12.1 Å². The molecule has 0 spiro atoms. The van der Waals surface area contributed by atoms with Crippen LogP contribution in [0.15, 0.2) is 11.1 Å². The van der Waals surface area contributed by atoms with Crippen molar-refractivity contribution in [2.75, 3.05) is 13.6 Å². The first-order valence-electron chi connectivity index (χ1n) is 4.21. The maximum absolute atomic E-state index is 10.7. The van der Waals surface area contributed by atoms with E-state index in [0.717, 1.165) is 5.57 Å². The second-order valence-corrected chi connectivity index (χ2v) is 3.35. The molecule has 0 rings (SSSR count). The third kappa shape index (κ3) is 4.29. The Hall–Kier alpha value is -0.540. The van der Waals surface area contributed by atoms with Gasteiger partial charge in [-0.3, -0.25) is 9.69 Å². The van der Waals surface area contributed by atoms with Crippen molar-refractivity contribution in [3.05, 3.63) is 11.1 Å². The molecule has 1 N–H and O–H groups in total. The Kier molecular flexibility index (Phi) is 5.75. The van der Waals surface area contributed by atoms with Crippen LogP contribution in [0.2, 0.25) is 0 Å². The highest BCUT2D eigenvalue weighted by Gasteiger charge is 2.19. The molecule has 0 aromatic heterocycles. The molecule has 0 fully saturated rings. The molecule has 1 atom stereocenters. The van der Waals surface area contributed by atoms with Crippen LogP contribution in [0.25, 0.3) is 0 Å². The minimum atomic E-state index is -0.785. The number of halogens is 1. The van der Waals surface area contributed by atoms with Gasteiger partial charge in [-0.2, -0.15) is 0 Å². The summed E-state index contributed by atoms with van der Waals surface area (Å²) in [6.45, 7) is 4.32. The van der Waals surface area contributed by atoms with E-state index in [2.05, 4.69) is 0 Å². The zero-order valence-electron chi connectivity index (χ0n) is 8.25. The second kappa shape index (κ2) is 6.00. The van der Waals surface area contributed by atoms with Crippen molar-refractivity contribution < 1.29 is 9.90 Å². The van der Waals surface area contributed by atoms with E-state index in [9.17, 15) is 4.79 Å². The van der Waals surface area contributed by atoms with Gasteiger partial charge in [0.1, 0.15) is 6.04 Å². The standard InChI is InChI=1S/C9H16ClNO2/c1-4-8(9(12)13)11(3)6-7(2)5-10/h5,8H,4,6H2,1-3H3,(H,12,13). The van der Waals surface area contributed by atoms with Gasteiger partial charge >= 0.3 is 5.97 Å². The largest absolute Gasteiger partial charge is 0.480 e. The molecule has 1 unspecified atom stereocenters. The molecule has 0 aromatic carbocycles.